The van der Waals surface area contributed by atoms with Crippen LogP contribution in [-0.4, -0.2) is 35.2 Å². The summed E-state index contributed by atoms with van der Waals surface area (Å²) in [6, 6.07) is 5.20. The predicted octanol–water partition coefficient (Wildman–Crippen LogP) is 0.605. The lowest BCUT2D eigenvalue weighted by atomic mass is 10.4. The van der Waals surface area contributed by atoms with Crippen molar-refractivity contribution < 1.29 is 9.90 Å². The molecular weight excluding hydrogens is 282 g/mol. The molecule has 0 aliphatic heterocycles. The average molecular weight is 291 g/mol. The quantitative estimate of drug-likeness (QED) is 0.732. The highest BCUT2D eigenvalue weighted by molar-refractivity contribution is 7.99. The Hall–Kier alpha value is -2.55. The topological polar surface area (TPSA) is 105 Å². The summed E-state index contributed by atoms with van der Waals surface area (Å²) in [5.74, 6) is -1.09. The number of nitrogens with zero attached hydrogens (tertiary/aromatic N) is 4. The third kappa shape index (κ3) is 1.88. The monoisotopic (exact) mass is 291 g/mol. The van der Waals surface area contributed by atoms with Crippen LogP contribution in [0.25, 0.3) is 5.65 Å². The van der Waals surface area contributed by atoms with Crippen molar-refractivity contribution in [1.29, 1.82) is 0 Å². The van der Waals surface area contributed by atoms with E-state index in [1.807, 2.05) is 0 Å². The van der Waals surface area contributed by atoms with Crippen molar-refractivity contribution in [2.45, 2.75) is 10.2 Å². The molecule has 0 bridgehead atoms. The molecular formula is C11H9N5O3S. The molecule has 0 radical (unpaired) electrons. The van der Waals surface area contributed by atoms with Crippen molar-refractivity contribution in [2.75, 3.05) is 0 Å². The fourth-order valence-electron chi connectivity index (χ4n) is 1.75. The largest absolute Gasteiger partial charge is 0.476 e. The van der Waals surface area contributed by atoms with Gasteiger partial charge in [0.25, 0.3) is 0 Å². The molecule has 20 heavy (non-hydrogen) atoms. The van der Waals surface area contributed by atoms with Crippen molar-refractivity contribution in [1.82, 2.24) is 24.1 Å². The van der Waals surface area contributed by atoms with Gasteiger partial charge >= 0.3 is 11.7 Å². The Kier molecular flexibility index (Phi) is 2.83. The highest BCUT2D eigenvalue weighted by atomic mass is 32.2. The maximum atomic E-state index is 11.4. The van der Waals surface area contributed by atoms with Crippen molar-refractivity contribution in [2.24, 2.45) is 7.05 Å². The number of hydrogen-bond donors (Lipinski definition) is 2. The zero-order valence-electron chi connectivity index (χ0n) is 10.3. The number of H-pyrrole nitrogens is 1. The van der Waals surface area contributed by atoms with Crippen LogP contribution in [0, 0.1) is 0 Å². The highest BCUT2D eigenvalue weighted by Gasteiger charge is 2.21. The average Bonchev–Trinajstić information content (AvgIpc) is 2.93. The molecule has 0 spiro atoms. The Bertz CT molecular complexity index is 862. The molecule has 3 rings (SSSR count). The van der Waals surface area contributed by atoms with E-state index in [-0.39, 0.29) is 16.4 Å². The molecule has 102 valence electrons. The number of nitrogens with one attached hydrogen (secondary N) is 1. The van der Waals surface area contributed by atoms with Gasteiger partial charge < -0.3 is 5.11 Å². The standard InChI is InChI=1S/C11H9N5O3S/c1-15-10(19)13-14-11(15)20-8-7(9(17)18)16-5-3-2-4-6(16)12-8/h2-5H,1H3,(H,13,19)(H,17,18). The van der Waals surface area contributed by atoms with Gasteiger partial charge in [-0.05, 0) is 23.9 Å². The first-order chi connectivity index (χ1) is 9.58. The van der Waals surface area contributed by atoms with Crippen LogP contribution in [0.2, 0.25) is 0 Å². The number of hydrogen-bond acceptors (Lipinski definition) is 5. The summed E-state index contributed by atoms with van der Waals surface area (Å²) in [7, 11) is 1.55. The second kappa shape index (κ2) is 4.53. The van der Waals surface area contributed by atoms with Crippen molar-refractivity contribution >= 4 is 23.4 Å². The number of rotatable bonds is 3. The molecule has 0 fully saturated rings. The van der Waals surface area contributed by atoms with Crippen LogP contribution in [0.5, 0.6) is 0 Å². The maximum absolute atomic E-state index is 11.4. The van der Waals surface area contributed by atoms with E-state index in [0.29, 0.717) is 10.8 Å². The molecule has 0 unspecified atom stereocenters. The van der Waals surface area contributed by atoms with Crippen molar-refractivity contribution in [3.05, 3.63) is 40.6 Å². The lowest BCUT2D eigenvalue weighted by Gasteiger charge is -1.99. The number of aromatic amines is 1. The summed E-state index contributed by atoms with van der Waals surface area (Å²) in [5, 5.41) is 16.1. The normalized spacial score (nSPS) is 11.1. The molecule has 0 aliphatic rings. The molecule has 0 saturated heterocycles. The Morgan fingerprint density at radius 1 is 1.45 bits per heavy atom. The van der Waals surface area contributed by atoms with Gasteiger partial charge in [0, 0.05) is 13.2 Å². The molecule has 0 aromatic carbocycles. The van der Waals surface area contributed by atoms with Gasteiger partial charge in [0.05, 0.1) is 0 Å². The van der Waals surface area contributed by atoms with Crippen LogP contribution in [0.3, 0.4) is 0 Å². The molecule has 0 saturated carbocycles. The summed E-state index contributed by atoms with van der Waals surface area (Å²) < 4.78 is 2.77. The SMILES string of the molecule is Cn1c(Sc2nc3ccccn3c2C(=O)O)n[nH]c1=O. The van der Waals surface area contributed by atoms with Crippen LogP contribution in [-0.2, 0) is 7.05 Å². The summed E-state index contributed by atoms with van der Waals surface area (Å²) in [6.07, 6.45) is 1.62. The predicted molar refractivity (Wildman–Crippen MR) is 70.1 cm³/mol. The maximum Gasteiger partial charge on any atom is 0.355 e. The van der Waals surface area contributed by atoms with Gasteiger partial charge in [-0.1, -0.05) is 6.07 Å². The Labute approximate surface area is 116 Å². The van der Waals surface area contributed by atoms with E-state index in [1.54, 1.807) is 31.4 Å². The van der Waals surface area contributed by atoms with Crippen LogP contribution in [0.4, 0.5) is 0 Å². The molecule has 8 nitrogen and oxygen atoms in total. The van der Waals surface area contributed by atoms with E-state index >= 15 is 0 Å². The van der Waals surface area contributed by atoms with Gasteiger partial charge in [-0.3, -0.25) is 8.97 Å². The van der Waals surface area contributed by atoms with Gasteiger partial charge in [-0.2, -0.15) is 0 Å². The summed E-state index contributed by atoms with van der Waals surface area (Å²) in [4.78, 5) is 27.0. The fraction of sp³-hybridized carbons (Fsp3) is 0.0909. The van der Waals surface area contributed by atoms with Gasteiger partial charge in [-0.15, -0.1) is 5.10 Å². The van der Waals surface area contributed by atoms with Gasteiger partial charge in [0.1, 0.15) is 10.7 Å². The molecule has 2 N–H and O–H groups in total. The molecule has 3 aromatic heterocycles. The summed E-state index contributed by atoms with van der Waals surface area (Å²) in [5.41, 5.74) is 0.196. The number of pyridine rings is 1. The molecule has 0 atom stereocenters. The van der Waals surface area contributed by atoms with E-state index in [9.17, 15) is 14.7 Å². The molecule has 3 aromatic rings. The molecule has 3 heterocycles. The van der Waals surface area contributed by atoms with E-state index in [2.05, 4.69) is 15.2 Å². The summed E-state index contributed by atoms with van der Waals surface area (Å²) >= 11 is 1.02. The van der Waals surface area contributed by atoms with E-state index in [0.717, 1.165) is 11.8 Å². The number of aromatic nitrogens is 5. The number of aromatic carboxylic acids is 1. The van der Waals surface area contributed by atoms with Crippen molar-refractivity contribution in [3.63, 3.8) is 0 Å². The van der Waals surface area contributed by atoms with E-state index < -0.39 is 5.97 Å². The van der Waals surface area contributed by atoms with Gasteiger partial charge in [0.15, 0.2) is 10.9 Å². The third-order valence-electron chi connectivity index (χ3n) is 2.73. The lowest BCUT2D eigenvalue weighted by molar-refractivity contribution is 0.0685. The minimum atomic E-state index is -1.09. The Morgan fingerprint density at radius 3 is 2.90 bits per heavy atom. The van der Waals surface area contributed by atoms with Gasteiger partial charge in [-0.25, -0.2) is 19.7 Å². The van der Waals surface area contributed by atoms with Crippen LogP contribution in [0.1, 0.15) is 10.5 Å². The first-order valence-corrected chi connectivity index (χ1v) is 6.39. The first-order valence-electron chi connectivity index (χ1n) is 5.57. The molecule has 0 aliphatic carbocycles. The number of imidazole rings is 1. The zero-order valence-corrected chi connectivity index (χ0v) is 11.1. The van der Waals surface area contributed by atoms with E-state index in [4.69, 9.17) is 0 Å². The molecule has 9 heteroatoms. The minimum absolute atomic E-state index is 0.0426. The third-order valence-corrected chi connectivity index (χ3v) is 3.75. The summed E-state index contributed by atoms with van der Waals surface area (Å²) in [6.45, 7) is 0. The lowest BCUT2D eigenvalue weighted by Crippen LogP contribution is -2.13. The molecule has 0 amide bonds. The Balaban J connectivity index is 2.16. The first kappa shape index (κ1) is 12.5. The smallest absolute Gasteiger partial charge is 0.355 e. The van der Waals surface area contributed by atoms with Gasteiger partial charge in [0.2, 0.25) is 0 Å². The second-order valence-electron chi connectivity index (χ2n) is 3.97. The zero-order chi connectivity index (χ0) is 14.3. The number of carboxylic acid groups (broad SMARTS) is 1. The van der Waals surface area contributed by atoms with Crippen LogP contribution < -0.4 is 5.69 Å². The van der Waals surface area contributed by atoms with Crippen molar-refractivity contribution in [3.8, 4) is 0 Å². The van der Waals surface area contributed by atoms with E-state index in [1.165, 1.54) is 8.97 Å². The Morgan fingerprint density at radius 2 is 2.25 bits per heavy atom. The van der Waals surface area contributed by atoms with Crippen LogP contribution >= 0.6 is 11.8 Å². The second-order valence-corrected chi connectivity index (χ2v) is 4.93. The number of carbonyl (C=O) groups is 1. The van der Waals surface area contributed by atoms with Crippen LogP contribution in [0.15, 0.2) is 39.4 Å². The minimum Gasteiger partial charge on any atom is -0.476 e. The number of fused-ring (bicyclic) bond motifs is 1. The highest BCUT2D eigenvalue weighted by Crippen LogP contribution is 2.28. The number of carboxylic acids is 1. The fourth-order valence-corrected chi connectivity index (χ4v) is 2.66.